The highest BCUT2D eigenvalue weighted by atomic mass is 32.2. The first-order valence-electron chi connectivity index (χ1n) is 6.98. The van der Waals surface area contributed by atoms with Gasteiger partial charge in [-0.05, 0) is 57.4 Å². The van der Waals surface area contributed by atoms with Gasteiger partial charge < -0.3 is 5.32 Å². The van der Waals surface area contributed by atoms with Gasteiger partial charge in [-0.15, -0.1) is 0 Å². The largest absolute Gasteiger partial charge is 0.313 e. The number of aromatic nitrogens is 2. The molecule has 1 aliphatic rings. The molecule has 3 nitrogen and oxygen atoms in total. The molecule has 2 heterocycles. The number of thioether (sulfide) groups is 1. The zero-order valence-electron chi connectivity index (χ0n) is 11.8. The summed E-state index contributed by atoms with van der Waals surface area (Å²) in [4.78, 5) is 0. The van der Waals surface area contributed by atoms with Crippen LogP contribution in [0.25, 0.3) is 0 Å². The Labute approximate surface area is 115 Å². The van der Waals surface area contributed by atoms with Crippen molar-refractivity contribution in [3.05, 3.63) is 17.0 Å². The topological polar surface area (TPSA) is 29.9 Å². The molecule has 0 radical (unpaired) electrons. The molecular weight excluding hydrogens is 242 g/mol. The lowest BCUT2D eigenvalue weighted by Crippen LogP contribution is -2.34. The molecule has 0 aliphatic carbocycles. The van der Waals surface area contributed by atoms with E-state index in [1.54, 1.807) is 0 Å². The molecule has 2 rings (SSSR count). The summed E-state index contributed by atoms with van der Waals surface area (Å²) in [6.45, 7) is 5.42. The lowest BCUT2D eigenvalue weighted by molar-refractivity contribution is 0.500. The molecule has 1 aromatic rings. The standard InChI is InChI=1S/C14H25N3S/c1-11-14(12(2)17(3)16-11)7-4-8-15-13-6-5-9-18-10-13/h13,15H,4-10H2,1-3H3. The molecule has 0 amide bonds. The van der Waals surface area contributed by atoms with Crippen molar-refractivity contribution < 1.29 is 0 Å². The molecule has 1 unspecified atom stereocenters. The molecule has 0 aromatic carbocycles. The van der Waals surface area contributed by atoms with Crippen LogP contribution in [0, 0.1) is 13.8 Å². The Bertz CT molecular complexity index is 381. The van der Waals surface area contributed by atoms with E-state index in [-0.39, 0.29) is 0 Å². The highest BCUT2D eigenvalue weighted by Gasteiger charge is 2.13. The SMILES string of the molecule is Cc1nn(C)c(C)c1CCCNC1CCCSC1. The molecule has 1 saturated heterocycles. The number of aryl methyl sites for hydroxylation is 2. The zero-order chi connectivity index (χ0) is 13.0. The summed E-state index contributed by atoms with van der Waals surface area (Å²) in [7, 11) is 2.03. The van der Waals surface area contributed by atoms with E-state index >= 15 is 0 Å². The number of nitrogens with one attached hydrogen (secondary N) is 1. The third kappa shape index (κ3) is 3.51. The van der Waals surface area contributed by atoms with Gasteiger partial charge in [-0.25, -0.2) is 0 Å². The minimum Gasteiger partial charge on any atom is -0.313 e. The summed E-state index contributed by atoms with van der Waals surface area (Å²) in [6, 6.07) is 0.750. The van der Waals surface area contributed by atoms with Crippen molar-refractivity contribution in [1.82, 2.24) is 15.1 Å². The van der Waals surface area contributed by atoms with Crippen LogP contribution in [0.4, 0.5) is 0 Å². The smallest absolute Gasteiger partial charge is 0.0628 e. The van der Waals surface area contributed by atoms with Gasteiger partial charge in [-0.3, -0.25) is 4.68 Å². The number of nitrogens with zero attached hydrogens (tertiary/aromatic N) is 2. The van der Waals surface area contributed by atoms with E-state index in [4.69, 9.17) is 0 Å². The lowest BCUT2D eigenvalue weighted by atomic mass is 10.1. The Morgan fingerprint density at radius 1 is 1.44 bits per heavy atom. The van der Waals surface area contributed by atoms with Crippen molar-refractivity contribution in [3.8, 4) is 0 Å². The van der Waals surface area contributed by atoms with Gasteiger partial charge >= 0.3 is 0 Å². The fraction of sp³-hybridized carbons (Fsp3) is 0.786. The van der Waals surface area contributed by atoms with E-state index < -0.39 is 0 Å². The molecule has 0 bridgehead atoms. The average Bonchev–Trinajstić information content (AvgIpc) is 2.61. The predicted molar refractivity (Wildman–Crippen MR) is 79.4 cm³/mol. The summed E-state index contributed by atoms with van der Waals surface area (Å²) in [5.74, 6) is 2.65. The highest BCUT2D eigenvalue weighted by molar-refractivity contribution is 7.99. The van der Waals surface area contributed by atoms with E-state index in [2.05, 4.69) is 36.0 Å². The quantitative estimate of drug-likeness (QED) is 0.831. The molecule has 4 heteroatoms. The third-order valence-electron chi connectivity index (χ3n) is 3.86. The van der Waals surface area contributed by atoms with E-state index in [0.29, 0.717) is 0 Å². The molecule has 0 saturated carbocycles. The second-order valence-electron chi connectivity index (χ2n) is 5.24. The molecule has 102 valence electrons. The Kier molecular flexibility index (Phi) is 5.13. The van der Waals surface area contributed by atoms with Crippen molar-refractivity contribution in [2.75, 3.05) is 18.1 Å². The third-order valence-corrected chi connectivity index (χ3v) is 5.07. The second-order valence-corrected chi connectivity index (χ2v) is 6.39. The molecule has 1 fully saturated rings. The molecule has 18 heavy (non-hydrogen) atoms. The molecule has 1 atom stereocenters. The Balaban J connectivity index is 1.71. The number of hydrogen-bond donors (Lipinski definition) is 1. The fourth-order valence-corrected chi connectivity index (χ4v) is 3.76. The van der Waals surface area contributed by atoms with Gasteiger partial charge in [-0.2, -0.15) is 16.9 Å². The van der Waals surface area contributed by atoms with E-state index in [1.165, 1.54) is 47.7 Å². The number of hydrogen-bond acceptors (Lipinski definition) is 3. The van der Waals surface area contributed by atoms with Gasteiger partial charge in [0, 0.05) is 24.5 Å². The van der Waals surface area contributed by atoms with Crippen LogP contribution in [0.15, 0.2) is 0 Å². The molecule has 1 N–H and O–H groups in total. The normalized spacial score (nSPS) is 20.3. The summed E-state index contributed by atoms with van der Waals surface area (Å²) in [5.41, 5.74) is 3.96. The van der Waals surface area contributed by atoms with Crippen LogP contribution in [0.5, 0.6) is 0 Å². The molecular formula is C14H25N3S. The van der Waals surface area contributed by atoms with Crippen LogP contribution in [0.2, 0.25) is 0 Å². The van der Waals surface area contributed by atoms with Gasteiger partial charge in [0.05, 0.1) is 5.69 Å². The first-order valence-corrected chi connectivity index (χ1v) is 8.14. The van der Waals surface area contributed by atoms with Crippen LogP contribution >= 0.6 is 11.8 Å². The Morgan fingerprint density at radius 2 is 2.28 bits per heavy atom. The lowest BCUT2D eigenvalue weighted by Gasteiger charge is -2.22. The van der Waals surface area contributed by atoms with E-state index in [1.807, 2.05) is 11.7 Å². The van der Waals surface area contributed by atoms with Gasteiger partial charge in [0.15, 0.2) is 0 Å². The van der Waals surface area contributed by atoms with Crippen LogP contribution in [-0.4, -0.2) is 33.9 Å². The summed E-state index contributed by atoms with van der Waals surface area (Å²) < 4.78 is 2.00. The highest BCUT2D eigenvalue weighted by Crippen LogP contribution is 2.17. The van der Waals surface area contributed by atoms with Crippen molar-refractivity contribution in [2.24, 2.45) is 7.05 Å². The van der Waals surface area contributed by atoms with Gasteiger partial charge in [0.1, 0.15) is 0 Å². The minimum absolute atomic E-state index is 0.750. The van der Waals surface area contributed by atoms with E-state index in [9.17, 15) is 0 Å². The average molecular weight is 267 g/mol. The van der Waals surface area contributed by atoms with Crippen LogP contribution < -0.4 is 5.32 Å². The fourth-order valence-electron chi connectivity index (χ4n) is 2.65. The first-order chi connectivity index (χ1) is 8.68. The monoisotopic (exact) mass is 267 g/mol. The summed E-state index contributed by atoms with van der Waals surface area (Å²) in [6.07, 6.45) is 5.11. The Morgan fingerprint density at radius 3 is 2.89 bits per heavy atom. The van der Waals surface area contributed by atoms with Gasteiger partial charge in [0.25, 0.3) is 0 Å². The molecule has 1 aliphatic heterocycles. The maximum absolute atomic E-state index is 4.47. The maximum Gasteiger partial charge on any atom is 0.0628 e. The molecule has 0 spiro atoms. The predicted octanol–water partition coefficient (Wildman–Crippen LogP) is 2.45. The molecule has 1 aromatic heterocycles. The van der Waals surface area contributed by atoms with Crippen molar-refractivity contribution in [3.63, 3.8) is 0 Å². The first kappa shape index (κ1) is 13.9. The summed E-state index contributed by atoms with van der Waals surface area (Å²) >= 11 is 2.09. The summed E-state index contributed by atoms with van der Waals surface area (Å²) in [5, 5.41) is 8.16. The second kappa shape index (κ2) is 6.62. The van der Waals surface area contributed by atoms with Crippen LogP contribution in [0.3, 0.4) is 0 Å². The number of rotatable bonds is 5. The van der Waals surface area contributed by atoms with Crippen LogP contribution in [0.1, 0.15) is 36.2 Å². The van der Waals surface area contributed by atoms with E-state index in [0.717, 1.165) is 19.0 Å². The minimum atomic E-state index is 0.750. The van der Waals surface area contributed by atoms with Crippen molar-refractivity contribution >= 4 is 11.8 Å². The van der Waals surface area contributed by atoms with Crippen molar-refractivity contribution in [1.29, 1.82) is 0 Å². The zero-order valence-corrected chi connectivity index (χ0v) is 12.6. The van der Waals surface area contributed by atoms with Gasteiger partial charge in [0.2, 0.25) is 0 Å². The van der Waals surface area contributed by atoms with Gasteiger partial charge in [-0.1, -0.05) is 0 Å². The maximum atomic E-state index is 4.47. The van der Waals surface area contributed by atoms with Crippen LogP contribution in [-0.2, 0) is 13.5 Å². The van der Waals surface area contributed by atoms with Crippen molar-refractivity contribution in [2.45, 2.75) is 45.6 Å². The Hall–Kier alpha value is -0.480.